The van der Waals surface area contributed by atoms with Crippen molar-refractivity contribution in [1.29, 1.82) is 0 Å². The standard InChI is InChI=1S/C19H24N2O2/c1-19(2,3)14-9-7-13(8-10-14)18-17-15(5-4-6-16(17)23)21(20-18)11-12-22/h7-10,22H,4-6,11-12H2,1-3H3. The minimum absolute atomic E-state index is 0.0325. The van der Waals surface area contributed by atoms with E-state index in [0.717, 1.165) is 35.4 Å². The summed E-state index contributed by atoms with van der Waals surface area (Å²) < 4.78 is 1.80. The number of aromatic nitrogens is 2. The van der Waals surface area contributed by atoms with Crippen LogP contribution in [0.15, 0.2) is 24.3 Å². The molecule has 1 aromatic carbocycles. The average molecular weight is 312 g/mol. The van der Waals surface area contributed by atoms with E-state index in [4.69, 9.17) is 0 Å². The van der Waals surface area contributed by atoms with Crippen LogP contribution in [0, 0.1) is 0 Å². The number of fused-ring (bicyclic) bond motifs is 1. The summed E-state index contributed by atoms with van der Waals surface area (Å²) in [7, 11) is 0. The molecule has 1 aliphatic rings. The lowest BCUT2D eigenvalue weighted by Crippen LogP contribution is -2.15. The SMILES string of the molecule is CC(C)(C)c1ccc(-c2nn(CCO)c3c2C(=O)CCC3)cc1. The first kappa shape index (κ1) is 15.9. The fourth-order valence-electron chi connectivity index (χ4n) is 3.20. The predicted octanol–water partition coefficient (Wildman–Crippen LogP) is 3.36. The molecule has 0 spiro atoms. The molecule has 0 atom stereocenters. The zero-order valence-corrected chi connectivity index (χ0v) is 14.1. The molecule has 23 heavy (non-hydrogen) atoms. The summed E-state index contributed by atoms with van der Waals surface area (Å²) in [5.41, 5.74) is 4.83. The second-order valence-corrected chi connectivity index (χ2v) is 7.22. The number of ketones is 1. The Hall–Kier alpha value is -1.94. The minimum atomic E-state index is 0.0325. The molecule has 2 aromatic rings. The number of nitrogens with zero attached hydrogens (tertiary/aromatic N) is 2. The number of hydrogen-bond acceptors (Lipinski definition) is 3. The van der Waals surface area contributed by atoms with Gasteiger partial charge < -0.3 is 5.11 Å². The van der Waals surface area contributed by atoms with Gasteiger partial charge in [0.2, 0.25) is 0 Å². The third-order valence-corrected chi connectivity index (χ3v) is 4.49. The number of rotatable bonds is 3. The van der Waals surface area contributed by atoms with Crippen molar-refractivity contribution < 1.29 is 9.90 Å². The highest BCUT2D eigenvalue weighted by Crippen LogP contribution is 2.32. The van der Waals surface area contributed by atoms with Gasteiger partial charge in [0.1, 0.15) is 5.69 Å². The molecule has 0 unspecified atom stereocenters. The lowest BCUT2D eigenvalue weighted by molar-refractivity contribution is 0.0972. The summed E-state index contributed by atoms with van der Waals surface area (Å²) in [6, 6.07) is 8.32. The van der Waals surface area contributed by atoms with Gasteiger partial charge in [-0.15, -0.1) is 0 Å². The highest BCUT2D eigenvalue weighted by Gasteiger charge is 2.27. The lowest BCUT2D eigenvalue weighted by atomic mass is 9.86. The first-order chi connectivity index (χ1) is 10.9. The monoisotopic (exact) mass is 312 g/mol. The Morgan fingerprint density at radius 3 is 2.48 bits per heavy atom. The molecular weight excluding hydrogens is 288 g/mol. The molecule has 1 aromatic heterocycles. The van der Waals surface area contributed by atoms with Crippen molar-refractivity contribution in [2.45, 2.75) is 52.0 Å². The van der Waals surface area contributed by atoms with Crippen molar-refractivity contribution >= 4 is 5.78 Å². The molecule has 0 aliphatic heterocycles. The molecule has 3 rings (SSSR count). The van der Waals surface area contributed by atoms with E-state index in [0.29, 0.717) is 13.0 Å². The van der Waals surface area contributed by atoms with E-state index in [9.17, 15) is 9.90 Å². The Kier molecular flexibility index (Phi) is 4.11. The van der Waals surface area contributed by atoms with Gasteiger partial charge in [-0.2, -0.15) is 5.10 Å². The van der Waals surface area contributed by atoms with E-state index in [1.165, 1.54) is 5.56 Å². The molecule has 122 valence electrons. The van der Waals surface area contributed by atoms with E-state index in [1.54, 1.807) is 4.68 Å². The summed E-state index contributed by atoms with van der Waals surface area (Å²) >= 11 is 0. The van der Waals surface area contributed by atoms with Crippen molar-refractivity contribution in [3.05, 3.63) is 41.1 Å². The second-order valence-electron chi connectivity index (χ2n) is 7.22. The first-order valence-corrected chi connectivity index (χ1v) is 8.26. The number of Topliss-reactive ketones (excluding diaryl/α,β-unsaturated/α-hetero) is 1. The Morgan fingerprint density at radius 2 is 1.87 bits per heavy atom. The number of benzene rings is 1. The summed E-state index contributed by atoms with van der Waals surface area (Å²) in [4.78, 5) is 12.4. The second kappa shape index (κ2) is 5.93. The fraction of sp³-hybridized carbons (Fsp3) is 0.474. The van der Waals surface area contributed by atoms with Crippen molar-refractivity contribution in [1.82, 2.24) is 9.78 Å². The number of carbonyl (C=O) groups excluding carboxylic acids is 1. The van der Waals surface area contributed by atoms with Gasteiger partial charge in [-0.05, 0) is 23.8 Å². The zero-order valence-electron chi connectivity index (χ0n) is 14.1. The highest BCUT2D eigenvalue weighted by atomic mass is 16.3. The Balaban J connectivity index is 2.07. The predicted molar refractivity (Wildman–Crippen MR) is 90.7 cm³/mol. The summed E-state index contributed by atoms with van der Waals surface area (Å²) in [6.07, 6.45) is 2.31. The van der Waals surface area contributed by atoms with Crippen LogP contribution in [0.5, 0.6) is 0 Å². The van der Waals surface area contributed by atoms with Crippen LogP contribution in [0.1, 0.15) is 55.2 Å². The van der Waals surface area contributed by atoms with Crippen LogP contribution in [0.25, 0.3) is 11.3 Å². The van der Waals surface area contributed by atoms with Crippen molar-refractivity contribution in [2.24, 2.45) is 0 Å². The van der Waals surface area contributed by atoms with Crippen molar-refractivity contribution in [3.8, 4) is 11.3 Å². The van der Waals surface area contributed by atoms with E-state index >= 15 is 0 Å². The van der Waals surface area contributed by atoms with Crippen LogP contribution in [-0.4, -0.2) is 27.3 Å². The maximum Gasteiger partial charge on any atom is 0.166 e. The van der Waals surface area contributed by atoms with Gasteiger partial charge in [0.05, 0.1) is 18.7 Å². The molecule has 0 bridgehead atoms. The molecule has 0 fully saturated rings. The van der Waals surface area contributed by atoms with Crippen molar-refractivity contribution in [2.75, 3.05) is 6.61 Å². The highest BCUT2D eigenvalue weighted by molar-refractivity contribution is 6.03. The Labute approximate surface area is 137 Å². The van der Waals surface area contributed by atoms with Crippen LogP contribution in [-0.2, 0) is 18.4 Å². The molecular formula is C19H24N2O2. The van der Waals surface area contributed by atoms with Crippen LogP contribution >= 0.6 is 0 Å². The molecule has 0 saturated heterocycles. The average Bonchev–Trinajstić information content (AvgIpc) is 2.87. The zero-order chi connectivity index (χ0) is 16.6. The molecule has 0 saturated carbocycles. The molecule has 4 heteroatoms. The third kappa shape index (κ3) is 2.95. The van der Waals surface area contributed by atoms with Crippen molar-refractivity contribution in [3.63, 3.8) is 0 Å². The molecule has 1 N–H and O–H groups in total. The van der Waals surface area contributed by atoms with E-state index < -0.39 is 0 Å². The molecule has 0 radical (unpaired) electrons. The third-order valence-electron chi connectivity index (χ3n) is 4.49. The van der Waals surface area contributed by atoms with E-state index in [2.05, 4.69) is 38.0 Å². The number of aliphatic hydroxyl groups excluding tert-OH is 1. The lowest BCUT2D eigenvalue weighted by Gasteiger charge is -2.19. The van der Waals surface area contributed by atoms with Crippen LogP contribution < -0.4 is 0 Å². The normalized spacial score (nSPS) is 14.9. The summed E-state index contributed by atoms with van der Waals surface area (Å²) in [5, 5.41) is 13.9. The topological polar surface area (TPSA) is 55.1 Å². The fourth-order valence-corrected chi connectivity index (χ4v) is 3.20. The number of carbonyl (C=O) groups is 1. The Morgan fingerprint density at radius 1 is 1.17 bits per heavy atom. The van der Waals surface area contributed by atoms with E-state index in [-0.39, 0.29) is 17.8 Å². The summed E-state index contributed by atoms with van der Waals surface area (Å²) in [5.74, 6) is 0.172. The smallest absolute Gasteiger partial charge is 0.166 e. The van der Waals surface area contributed by atoms with Crippen LogP contribution in [0.4, 0.5) is 0 Å². The van der Waals surface area contributed by atoms with Gasteiger partial charge in [0, 0.05) is 17.7 Å². The maximum absolute atomic E-state index is 12.4. The van der Waals surface area contributed by atoms with Gasteiger partial charge in [-0.25, -0.2) is 0 Å². The maximum atomic E-state index is 12.4. The quantitative estimate of drug-likeness (QED) is 0.945. The molecule has 4 nitrogen and oxygen atoms in total. The van der Waals surface area contributed by atoms with Gasteiger partial charge in [0.25, 0.3) is 0 Å². The molecule has 1 aliphatic carbocycles. The van der Waals surface area contributed by atoms with Crippen LogP contribution in [0.3, 0.4) is 0 Å². The van der Waals surface area contributed by atoms with E-state index in [1.807, 2.05) is 12.1 Å². The molecule has 0 amide bonds. The minimum Gasteiger partial charge on any atom is -0.394 e. The summed E-state index contributed by atoms with van der Waals surface area (Å²) in [6.45, 7) is 7.02. The number of hydrogen-bond donors (Lipinski definition) is 1. The van der Waals surface area contributed by atoms with Gasteiger partial charge >= 0.3 is 0 Å². The number of aliphatic hydroxyl groups is 1. The van der Waals surface area contributed by atoms with Gasteiger partial charge in [0.15, 0.2) is 5.78 Å². The van der Waals surface area contributed by atoms with Gasteiger partial charge in [-0.3, -0.25) is 9.48 Å². The largest absolute Gasteiger partial charge is 0.394 e. The van der Waals surface area contributed by atoms with Crippen LogP contribution in [0.2, 0.25) is 0 Å². The van der Waals surface area contributed by atoms with Gasteiger partial charge in [-0.1, -0.05) is 45.0 Å². The molecule has 1 heterocycles. The first-order valence-electron chi connectivity index (χ1n) is 8.26. The Bertz CT molecular complexity index is 721.